The molecule has 0 spiro atoms. The average molecular weight is 286 g/mol. The van der Waals surface area contributed by atoms with Gasteiger partial charge in [0.25, 0.3) is 0 Å². The van der Waals surface area contributed by atoms with Crippen LogP contribution in [0.2, 0.25) is 0 Å². The van der Waals surface area contributed by atoms with Gasteiger partial charge in [-0.1, -0.05) is 36.4 Å². The highest BCUT2D eigenvalue weighted by molar-refractivity contribution is 7.09. The van der Waals surface area contributed by atoms with Crippen LogP contribution >= 0.6 is 11.3 Å². The molecule has 20 heavy (non-hydrogen) atoms. The van der Waals surface area contributed by atoms with Crippen molar-refractivity contribution in [3.05, 3.63) is 58.3 Å². The maximum atomic E-state index is 6.31. The summed E-state index contributed by atoms with van der Waals surface area (Å²) in [7, 11) is 0. The highest BCUT2D eigenvalue weighted by Crippen LogP contribution is 2.30. The standard InChI is InChI=1S/C17H22N2S/c18-17(14-5-2-1-3-6-14)10-11-19(15-8-9-15)13-16-7-4-12-20-16/h1-7,12,15,17H,8-11,13,18H2. The molecule has 3 rings (SSSR count). The van der Waals surface area contributed by atoms with Crippen molar-refractivity contribution >= 4 is 11.3 Å². The van der Waals surface area contributed by atoms with E-state index in [2.05, 4.69) is 46.7 Å². The summed E-state index contributed by atoms with van der Waals surface area (Å²) in [5.74, 6) is 0. The lowest BCUT2D eigenvalue weighted by Gasteiger charge is -2.23. The van der Waals surface area contributed by atoms with E-state index in [1.165, 1.54) is 23.3 Å². The fourth-order valence-corrected chi connectivity index (χ4v) is 3.33. The molecule has 1 aliphatic carbocycles. The number of nitrogens with two attached hydrogens (primary N) is 1. The smallest absolute Gasteiger partial charge is 0.0330 e. The summed E-state index contributed by atoms with van der Waals surface area (Å²) < 4.78 is 0. The maximum Gasteiger partial charge on any atom is 0.0330 e. The van der Waals surface area contributed by atoms with Crippen LogP contribution in [0.25, 0.3) is 0 Å². The molecule has 0 radical (unpaired) electrons. The highest BCUT2D eigenvalue weighted by atomic mass is 32.1. The lowest BCUT2D eigenvalue weighted by Crippen LogP contribution is -2.28. The largest absolute Gasteiger partial charge is 0.324 e. The van der Waals surface area contributed by atoms with Crippen LogP contribution in [0.15, 0.2) is 47.8 Å². The predicted molar refractivity (Wildman–Crippen MR) is 85.7 cm³/mol. The number of hydrogen-bond acceptors (Lipinski definition) is 3. The molecule has 1 fully saturated rings. The van der Waals surface area contributed by atoms with Gasteiger partial charge in [0.2, 0.25) is 0 Å². The SMILES string of the molecule is NC(CCN(Cc1cccs1)C1CC1)c1ccccc1. The van der Waals surface area contributed by atoms with Crippen LogP contribution in [-0.4, -0.2) is 17.5 Å². The van der Waals surface area contributed by atoms with E-state index < -0.39 is 0 Å². The summed E-state index contributed by atoms with van der Waals surface area (Å²) in [5, 5.41) is 2.16. The van der Waals surface area contributed by atoms with Crippen LogP contribution < -0.4 is 5.73 Å². The molecular formula is C17H22N2S. The Morgan fingerprint density at radius 2 is 1.95 bits per heavy atom. The topological polar surface area (TPSA) is 29.3 Å². The molecule has 1 saturated carbocycles. The Hall–Kier alpha value is -1.16. The van der Waals surface area contributed by atoms with E-state index >= 15 is 0 Å². The van der Waals surface area contributed by atoms with Crippen LogP contribution in [0.1, 0.15) is 35.7 Å². The number of rotatable bonds is 7. The van der Waals surface area contributed by atoms with E-state index in [0.29, 0.717) is 0 Å². The van der Waals surface area contributed by atoms with Crippen molar-refractivity contribution in [3.8, 4) is 0 Å². The molecule has 1 aromatic heterocycles. The number of hydrogen-bond donors (Lipinski definition) is 1. The number of benzene rings is 1. The molecule has 0 amide bonds. The first-order chi connectivity index (χ1) is 9.83. The number of thiophene rings is 1. The molecule has 1 atom stereocenters. The van der Waals surface area contributed by atoms with E-state index in [1.807, 2.05) is 17.4 Å². The van der Waals surface area contributed by atoms with Crippen LogP contribution in [-0.2, 0) is 6.54 Å². The monoisotopic (exact) mass is 286 g/mol. The first-order valence-corrected chi connectivity index (χ1v) is 8.28. The summed E-state index contributed by atoms with van der Waals surface area (Å²) in [4.78, 5) is 4.07. The van der Waals surface area contributed by atoms with Crippen LogP contribution in [0, 0.1) is 0 Å². The minimum atomic E-state index is 0.154. The molecule has 1 heterocycles. The Labute approximate surface area is 125 Å². The highest BCUT2D eigenvalue weighted by Gasteiger charge is 2.29. The molecule has 1 unspecified atom stereocenters. The lowest BCUT2D eigenvalue weighted by molar-refractivity contribution is 0.247. The molecule has 106 valence electrons. The lowest BCUT2D eigenvalue weighted by atomic mass is 10.0. The van der Waals surface area contributed by atoms with Gasteiger partial charge in [-0.15, -0.1) is 11.3 Å². The maximum absolute atomic E-state index is 6.31. The zero-order valence-electron chi connectivity index (χ0n) is 11.7. The number of nitrogens with zero attached hydrogens (tertiary/aromatic N) is 1. The molecule has 3 heteroatoms. The van der Waals surface area contributed by atoms with Crippen molar-refractivity contribution in [2.45, 2.75) is 37.9 Å². The van der Waals surface area contributed by atoms with E-state index in [9.17, 15) is 0 Å². The second-order valence-corrected chi connectivity index (χ2v) is 6.62. The van der Waals surface area contributed by atoms with Crippen molar-refractivity contribution in [2.24, 2.45) is 5.73 Å². The van der Waals surface area contributed by atoms with Gasteiger partial charge in [0.1, 0.15) is 0 Å². The molecule has 2 N–H and O–H groups in total. The van der Waals surface area contributed by atoms with Gasteiger partial charge in [0, 0.05) is 30.1 Å². The van der Waals surface area contributed by atoms with Crippen molar-refractivity contribution in [1.82, 2.24) is 4.90 Å². The molecule has 0 bridgehead atoms. The fourth-order valence-electron chi connectivity index (χ4n) is 2.60. The first-order valence-electron chi connectivity index (χ1n) is 7.40. The Bertz CT molecular complexity index is 505. The van der Waals surface area contributed by atoms with E-state index in [4.69, 9.17) is 5.73 Å². The molecular weight excluding hydrogens is 264 g/mol. The Balaban J connectivity index is 1.54. The van der Waals surface area contributed by atoms with Crippen molar-refractivity contribution < 1.29 is 0 Å². The van der Waals surface area contributed by atoms with Gasteiger partial charge in [-0.25, -0.2) is 0 Å². The molecule has 1 aromatic carbocycles. The predicted octanol–water partition coefficient (Wildman–Crippen LogP) is 3.80. The quantitative estimate of drug-likeness (QED) is 0.839. The second-order valence-electron chi connectivity index (χ2n) is 5.59. The Kier molecular flexibility index (Phi) is 4.51. The normalized spacial score (nSPS) is 16.5. The van der Waals surface area contributed by atoms with Gasteiger partial charge < -0.3 is 5.73 Å². The average Bonchev–Trinajstić information content (AvgIpc) is 3.21. The summed E-state index contributed by atoms with van der Waals surface area (Å²) in [6, 6.07) is 15.8. The second kappa shape index (κ2) is 6.53. The molecule has 1 aliphatic rings. The minimum absolute atomic E-state index is 0.154. The molecule has 0 aliphatic heterocycles. The summed E-state index contributed by atoms with van der Waals surface area (Å²) >= 11 is 1.85. The van der Waals surface area contributed by atoms with Crippen molar-refractivity contribution in [2.75, 3.05) is 6.54 Å². The third-order valence-electron chi connectivity index (χ3n) is 3.96. The molecule has 2 nitrogen and oxygen atoms in total. The summed E-state index contributed by atoms with van der Waals surface area (Å²) in [5.41, 5.74) is 7.56. The van der Waals surface area contributed by atoms with Gasteiger partial charge >= 0.3 is 0 Å². The van der Waals surface area contributed by atoms with Gasteiger partial charge in [-0.2, -0.15) is 0 Å². The molecule has 0 saturated heterocycles. The van der Waals surface area contributed by atoms with Crippen molar-refractivity contribution in [3.63, 3.8) is 0 Å². The first kappa shape index (κ1) is 13.8. The van der Waals surface area contributed by atoms with Crippen LogP contribution in [0.3, 0.4) is 0 Å². The summed E-state index contributed by atoms with van der Waals surface area (Å²) in [6.07, 6.45) is 3.74. The van der Waals surface area contributed by atoms with Gasteiger partial charge in [0.05, 0.1) is 0 Å². The van der Waals surface area contributed by atoms with E-state index in [0.717, 1.165) is 25.6 Å². The Morgan fingerprint density at radius 3 is 2.60 bits per heavy atom. The zero-order chi connectivity index (χ0) is 13.8. The third kappa shape index (κ3) is 3.69. The summed E-state index contributed by atoms with van der Waals surface area (Å²) in [6.45, 7) is 2.18. The minimum Gasteiger partial charge on any atom is -0.324 e. The third-order valence-corrected chi connectivity index (χ3v) is 4.82. The van der Waals surface area contributed by atoms with Gasteiger partial charge in [0.15, 0.2) is 0 Å². The fraction of sp³-hybridized carbons (Fsp3) is 0.412. The van der Waals surface area contributed by atoms with E-state index in [1.54, 1.807) is 0 Å². The van der Waals surface area contributed by atoms with Crippen molar-refractivity contribution in [1.29, 1.82) is 0 Å². The zero-order valence-corrected chi connectivity index (χ0v) is 12.6. The Morgan fingerprint density at radius 1 is 1.15 bits per heavy atom. The van der Waals surface area contributed by atoms with Gasteiger partial charge in [-0.3, -0.25) is 4.90 Å². The molecule has 2 aromatic rings. The van der Waals surface area contributed by atoms with E-state index in [-0.39, 0.29) is 6.04 Å². The van der Waals surface area contributed by atoms with Gasteiger partial charge in [-0.05, 0) is 36.3 Å². The van der Waals surface area contributed by atoms with Crippen LogP contribution in [0.4, 0.5) is 0 Å². The van der Waals surface area contributed by atoms with Crippen LogP contribution in [0.5, 0.6) is 0 Å².